The molecule has 0 amide bonds. The number of carbonyl (C=O) groups excluding carboxylic acids is 1. The van der Waals surface area contributed by atoms with Gasteiger partial charge in [-0.2, -0.15) is 0 Å². The van der Waals surface area contributed by atoms with Gasteiger partial charge >= 0.3 is 0 Å². The van der Waals surface area contributed by atoms with E-state index in [9.17, 15) is 10.2 Å². The fraction of sp³-hybridized carbons (Fsp3) is 0.562. The summed E-state index contributed by atoms with van der Waals surface area (Å²) in [6, 6.07) is 9.45. The summed E-state index contributed by atoms with van der Waals surface area (Å²) in [5, 5.41) is 22.4. The third-order valence-corrected chi connectivity index (χ3v) is 3.39. The minimum atomic E-state index is -1.11. The molecule has 0 aliphatic carbocycles. The molecular formula is C16H25NO6. The van der Waals surface area contributed by atoms with Crippen LogP contribution in [0.3, 0.4) is 0 Å². The fourth-order valence-electron chi connectivity index (χ4n) is 2.18. The van der Waals surface area contributed by atoms with Crippen LogP contribution in [-0.2, 0) is 19.0 Å². The van der Waals surface area contributed by atoms with Crippen molar-refractivity contribution in [1.82, 2.24) is 5.32 Å². The van der Waals surface area contributed by atoms with Crippen molar-refractivity contribution in [2.75, 3.05) is 20.8 Å². The minimum Gasteiger partial charge on any atom is -0.386 e. The van der Waals surface area contributed by atoms with E-state index in [0.29, 0.717) is 0 Å². The Hall–Kier alpha value is -1.35. The van der Waals surface area contributed by atoms with E-state index in [-0.39, 0.29) is 6.61 Å². The van der Waals surface area contributed by atoms with Crippen LogP contribution in [0.15, 0.2) is 30.3 Å². The topological polar surface area (TPSA) is 97.3 Å². The summed E-state index contributed by atoms with van der Waals surface area (Å²) >= 11 is 0. The number of likely N-dealkylation sites (N-methyl/N-ethyl adjacent to an activating group) is 1. The highest BCUT2D eigenvalue weighted by Gasteiger charge is 2.40. The van der Waals surface area contributed by atoms with Gasteiger partial charge < -0.3 is 29.2 Å². The molecule has 1 aliphatic heterocycles. The predicted molar refractivity (Wildman–Crippen MR) is 83.6 cm³/mol. The number of hydrogen-bond donors (Lipinski definition) is 3. The number of nitrogens with one attached hydrogen (secondary N) is 1. The normalized spacial score (nSPS) is 26.6. The highest BCUT2D eigenvalue weighted by molar-refractivity contribution is 5.44. The first-order valence-corrected chi connectivity index (χ1v) is 7.37. The summed E-state index contributed by atoms with van der Waals surface area (Å²) in [7, 11) is 3.08. The van der Waals surface area contributed by atoms with Crippen LogP contribution >= 0.6 is 0 Å². The standard InChI is InChI=1S/C14H21NO5.C2H4O/c1-15-13(17)11(16)12-10(18-2)8-19-14(20-12)9-6-4-3-5-7-9;1-2-3/h3-7,10-17H,8H2,1-2H3;2H,1H3. The van der Waals surface area contributed by atoms with Crippen molar-refractivity contribution in [2.45, 2.75) is 37.8 Å². The first kappa shape index (κ1) is 19.7. The van der Waals surface area contributed by atoms with Crippen molar-refractivity contribution in [3.05, 3.63) is 35.9 Å². The second kappa shape index (κ2) is 10.4. The van der Waals surface area contributed by atoms with Crippen LogP contribution in [0.2, 0.25) is 0 Å². The zero-order valence-corrected chi connectivity index (χ0v) is 13.6. The quantitative estimate of drug-likeness (QED) is 0.526. The number of aliphatic hydroxyl groups is 2. The molecule has 0 radical (unpaired) electrons. The molecular weight excluding hydrogens is 302 g/mol. The number of carbonyl (C=O) groups is 1. The second-order valence-corrected chi connectivity index (χ2v) is 4.91. The summed E-state index contributed by atoms with van der Waals surface area (Å²) < 4.78 is 16.6. The van der Waals surface area contributed by atoms with Gasteiger partial charge in [0.25, 0.3) is 0 Å². The summed E-state index contributed by atoms with van der Waals surface area (Å²) in [5.41, 5.74) is 0.859. The van der Waals surface area contributed by atoms with E-state index in [1.54, 1.807) is 7.05 Å². The molecule has 0 saturated carbocycles. The zero-order chi connectivity index (χ0) is 17.2. The van der Waals surface area contributed by atoms with Gasteiger partial charge in [-0.1, -0.05) is 30.3 Å². The zero-order valence-electron chi connectivity index (χ0n) is 13.6. The van der Waals surface area contributed by atoms with Crippen LogP contribution in [0.1, 0.15) is 18.8 Å². The van der Waals surface area contributed by atoms with Crippen LogP contribution < -0.4 is 5.32 Å². The van der Waals surface area contributed by atoms with Gasteiger partial charge in [-0.25, -0.2) is 0 Å². The molecule has 2 rings (SSSR count). The highest BCUT2D eigenvalue weighted by Crippen LogP contribution is 2.29. The number of hydrogen-bond acceptors (Lipinski definition) is 7. The van der Waals surface area contributed by atoms with Gasteiger partial charge in [0, 0.05) is 12.7 Å². The van der Waals surface area contributed by atoms with Gasteiger partial charge in [0.15, 0.2) is 6.29 Å². The number of aliphatic hydroxyl groups excluding tert-OH is 2. The Morgan fingerprint density at radius 3 is 2.48 bits per heavy atom. The molecule has 1 aromatic rings. The maximum Gasteiger partial charge on any atom is 0.184 e. The molecule has 1 saturated heterocycles. The van der Waals surface area contributed by atoms with E-state index in [2.05, 4.69) is 5.32 Å². The Balaban J connectivity index is 0.000000816. The Bertz CT molecular complexity index is 443. The van der Waals surface area contributed by atoms with Gasteiger partial charge in [-0.3, -0.25) is 5.32 Å². The van der Waals surface area contributed by atoms with Crippen LogP contribution in [0.4, 0.5) is 0 Å². The molecule has 1 aromatic carbocycles. The van der Waals surface area contributed by atoms with Crippen molar-refractivity contribution in [3.63, 3.8) is 0 Å². The molecule has 7 heteroatoms. The molecule has 5 atom stereocenters. The molecule has 0 aromatic heterocycles. The molecule has 0 spiro atoms. The van der Waals surface area contributed by atoms with Crippen molar-refractivity contribution < 1.29 is 29.2 Å². The molecule has 7 nitrogen and oxygen atoms in total. The fourth-order valence-corrected chi connectivity index (χ4v) is 2.18. The number of aldehydes is 1. The maximum absolute atomic E-state index is 10.1. The SMILES string of the molecule is CC=O.CNC(O)C(O)C1OC(c2ccccc2)OCC1OC. The van der Waals surface area contributed by atoms with E-state index in [4.69, 9.17) is 19.0 Å². The van der Waals surface area contributed by atoms with E-state index in [1.165, 1.54) is 14.0 Å². The van der Waals surface area contributed by atoms with Crippen molar-refractivity contribution >= 4 is 6.29 Å². The number of methoxy groups -OCH3 is 1. The monoisotopic (exact) mass is 327 g/mol. The number of benzene rings is 1. The lowest BCUT2D eigenvalue weighted by atomic mass is 10.0. The molecule has 130 valence electrons. The Morgan fingerprint density at radius 1 is 1.35 bits per heavy atom. The third-order valence-electron chi connectivity index (χ3n) is 3.39. The van der Waals surface area contributed by atoms with E-state index in [0.717, 1.165) is 11.8 Å². The highest BCUT2D eigenvalue weighted by atomic mass is 16.7. The molecule has 0 bridgehead atoms. The van der Waals surface area contributed by atoms with Gasteiger partial charge in [0.1, 0.15) is 30.8 Å². The lowest BCUT2D eigenvalue weighted by molar-refractivity contribution is -0.288. The summed E-state index contributed by atoms with van der Waals surface area (Å²) in [4.78, 5) is 8.81. The molecule has 3 N–H and O–H groups in total. The Morgan fingerprint density at radius 2 is 1.96 bits per heavy atom. The van der Waals surface area contributed by atoms with Crippen LogP contribution in [0.5, 0.6) is 0 Å². The van der Waals surface area contributed by atoms with E-state index < -0.39 is 30.8 Å². The van der Waals surface area contributed by atoms with Crippen LogP contribution in [-0.4, -0.2) is 61.8 Å². The van der Waals surface area contributed by atoms with Crippen molar-refractivity contribution in [1.29, 1.82) is 0 Å². The first-order chi connectivity index (χ1) is 11.1. The average Bonchev–Trinajstić information content (AvgIpc) is 2.61. The third kappa shape index (κ3) is 5.65. The molecule has 1 fully saturated rings. The summed E-state index contributed by atoms with van der Waals surface area (Å²) in [5.74, 6) is 0. The van der Waals surface area contributed by atoms with Crippen molar-refractivity contribution in [3.8, 4) is 0 Å². The van der Waals surface area contributed by atoms with Gasteiger partial charge in [0.05, 0.1) is 6.61 Å². The molecule has 1 aliphatic rings. The molecule has 5 unspecified atom stereocenters. The Labute approximate surface area is 136 Å². The van der Waals surface area contributed by atoms with Crippen LogP contribution in [0, 0.1) is 0 Å². The summed E-state index contributed by atoms with van der Waals surface area (Å²) in [6.45, 7) is 1.73. The summed E-state index contributed by atoms with van der Waals surface area (Å²) in [6.07, 6.45) is -3.15. The molecule has 23 heavy (non-hydrogen) atoms. The van der Waals surface area contributed by atoms with Gasteiger partial charge in [0.2, 0.25) is 0 Å². The lowest BCUT2D eigenvalue weighted by Crippen LogP contribution is -2.55. The largest absolute Gasteiger partial charge is 0.386 e. The molecule has 1 heterocycles. The van der Waals surface area contributed by atoms with Gasteiger partial charge in [-0.15, -0.1) is 0 Å². The predicted octanol–water partition coefficient (Wildman–Crippen LogP) is 0.219. The van der Waals surface area contributed by atoms with Crippen LogP contribution in [0.25, 0.3) is 0 Å². The Kier molecular flexibility index (Phi) is 8.93. The smallest absolute Gasteiger partial charge is 0.184 e. The first-order valence-electron chi connectivity index (χ1n) is 7.37. The number of ether oxygens (including phenoxy) is 3. The minimum absolute atomic E-state index is 0.286. The lowest BCUT2D eigenvalue weighted by Gasteiger charge is -2.39. The van der Waals surface area contributed by atoms with Gasteiger partial charge in [-0.05, 0) is 14.0 Å². The maximum atomic E-state index is 10.1. The van der Waals surface area contributed by atoms with E-state index in [1.807, 2.05) is 30.3 Å². The second-order valence-electron chi connectivity index (χ2n) is 4.91. The average molecular weight is 327 g/mol. The van der Waals surface area contributed by atoms with Crippen molar-refractivity contribution in [2.24, 2.45) is 0 Å². The number of rotatable bonds is 5. The van der Waals surface area contributed by atoms with E-state index >= 15 is 0 Å².